The fraction of sp³-hybridized carbons (Fsp3) is 0.304. The highest BCUT2D eigenvalue weighted by Crippen LogP contribution is 2.26. The van der Waals surface area contributed by atoms with Crippen LogP contribution >= 0.6 is 0 Å². The lowest BCUT2D eigenvalue weighted by Gasteiger charge is -2.15. The predicted octanol–water partition coefficient (Wildman–Crippen LogP) is 3.43. The number of anilines is 1. The Hall–Kier alpha value is -3.30. The summed E-state index contributed by atoms with van der Waals surface area (Å²) in [5.74, 6) is -0.275. The summed E-state index contributed by atoms with van der Waals surface area (Å²) in [4.78, 5) is 21.7. The van der Waals surface area contributed by atoms with Crippen molar-refractivity contribution >= 4 is 17.3 Å². The quantitative estimate of drug-likeness (QED) is 0.847. The van der Waals surface area contributed by atoms with Gasteiger partial charge in [0.25, 0.3) is 5.91 Å². The zero-order chi connectivity index (χ0) is 20.4. The molecular formula is C23H23N5O. The Labute approximate surface area is 170 Å². The van der Waals surface area contributed by atoms with Gasteiger partial charge >= 0.3 is 0 Å². The van der Waals surface area contributed by atoms with E-state index in [1.165, 1.54) is 17.3 Å². The van der Waals surface area contributed by atoms with Gasteiger partial charge in [0.1, 0.15) is 11.8 Å². The molecule has 1 aromatic heterocycles. The molecule has 0 aliphatic carbocycles. The van der Waals surface area contributed by atoms with E-state index in [0.717, 1.165) is 54.0 Å². The molecule has 0 spiro atoms. The molecule has 4 rings (SSSR count). The first-order valence-electron chi connectivity index (χ1n) is 9.82. The summed E-state index contributed by atoms with van der Waals surface area (Å²) in [5, 5.41) is 15.4. The SMILES string of the molecule is Cc1c(C#N)cnc(C(=O)Nc2ccc3c(c2)C(C=C2CCNCC2)=NC3)c1C. The molecule has 0 unspecified atom stereocenters. The maximum absolute atomic E-state index is 12.8. The van der Waals surface area contributed by atoms with Gasteiger partial charge in [0.2, 0.25) is 0 Å². The lowest BCUT2D eigenvalue weighted by molar-refractivity contribution is 0.102. The molecule has 0 saturated carbocycles. The van der Waals surface area contributed by atoms with Crippen LogP contribution in [0.3, 0.4) is 0 Å². The van der Waals surface area contributed by atoms with Crippen LogP contribution in [-0.2, 0) is 6.54 Å². The van der Waals surface area contributed by atoms with Crippen LogP contribution in [0.1, 0.15) is 51.1 Å². The van der Waals surface area contributed by atoms with E-state index >= 15 is 0 Å². The van der Waals surface area contributed by atoms with Crippen molar-refractivity contribution < 1.29 is 4.79 Å². The molecule has 2 aromatic rings. The van der Waals surface area contributed by atoms with E-state index in [9.17, 15) is 4.79 Å². The number of nitrogens with zero attached hydrogens (tertiary/aromatic N) is 3. The van der Waals surface area contributed by atoms with Gasteiger partial charge in [0.05, 0.1) is 17.8 Å². The summed E-state index contributed by atoms with van der Waals surface area (Å²) in [7, 11) is 0. The first-order valence-corrected chi connectivity index (χ1v) is 9.82. The standard InChI is InChI=1S/C23H23N5O/c1-14-15(2)22(27-13-18(14)11-24)23(29)28-19-4-3-17-12-26-21(20(17)10-19)9-16-5-7-25-8-6-16/h3-4,9-10,13,25H,5-8,12H2,1-2H3,(H,28,29). The third-order valence-electron chi connectivity index (χ3n) is 5.63. The topological polar surface area (TPSA) is 90.2 Å². The number of benzene rings is 1. The van der Waals surface area contributed by atoms with E-state index in [-0.39, 0.29) is 5.91 Å². The van der Waals surface area contributed by atoms with Crippen molar-refractivity contribution in [1.82, 2.24) is 10.3 Å². The minimum atomic E-state index is -0.275. The summed E-state index contributed by atoms with van der Waals surface area (Å²) < 4.78 is 0. The van der Waals surface area contributed by atoms with E-state index in [2.05, 4.69) is 32.8 Å². The second kappa shape index (κ2) is 7.98. The monoisotopic (exact) mass is 385 g/mol. The number of hydrogen-bond acceptors (Lipinski definition) is 5. The number of pyridine rings is 1. The van der Waals surface area contributed by atoms with Gasteiger partial charge in [-0.25, -0.2) is 4.98 Å². The van der Waals surface area contributed by atoms with Gasteiger partial charge < -0.3 is 10.6 Å². The Morgan fingerprint density at radius 3 is 2.79 bits per heavy atom. The van der Waals surface area contributed by atoms with Crippen molar-refractivity contribution in [3.63, 3.8) is 0 Å². The summed E-state index contributed by atoms with van der Waals surface area (Å²) in [6.45, 7) is 6.35. The van der Waals surface area contributed by atoms with Crippen molar-refractivity contribution in [2.75, 3.05) is 18.4 Å². The predicted molar refractivity (Wildman–Crippen MR) is 113 cm³/mol. The summed E-state index contributed by atoms with van der Waals surface area (Å²) in [5.41, 5.74) is 7.72. The summed E-state index contributed by atoms with van der Waals surface area (Å²) in [6.07, 6.45) is 5.76. The molecule has 1 saturated heterocycles. The highest BCUT2D eigenvalue weighted by Gasteiger charge is 2.19. The van der Waals surface area contributed by atoms with Crippen molar-refractivity contribution in [1.29, 1.82) is 5.26 Å². The molecule has 3 heterocycles. The summed E-state index contributed by atoms with van der Waals surface area (Å²) in [6, 6.07) is 8.01. The lowest BCUT2D eigenvalue weighted by Crippen LogP contribution is -2.23. The molecule has 0 atom stereocenters. The van der Waals surface area contributed by atoms with Crippen LogP contribution < -0.4 is 10.6 Å². The van der Waals surface area contributed by atoms with Crippen LogP contribution in [0.5, 0.6) is 0 Å². The minimum Gasteiger partial charge on any atom is -0.321 e. The number of amides is 1. The first kappa shape index (κ1) is 19.0. The van der Waals surface area contributed by atoms with E-state index < -0.39 is 0 Å². The minimum absolute atomic E-state index is 0.275. The average molecular weight is 385 g/mol. The van der Waals surface area contributed by atoms with E-state index in [4.69, 9.17) is 5.26 Å². The molecule has 1 fully saturated rings. The molecule has 1 amide bonds. The van der Waals surface area contributed by atoms with Gasteiger partial charge in [-0.3, -0.25) is 9.79 Å². The Balaban J connectivity index is 1.57. The number of hydrogen-bond donors (Lipinski definition) is 2. The van der Waals surface area contributed by atoms with Crippen molar-refractivity contribution in [3.05, 3.63) is 69.6 Å². The first-order chi connectivity index (χ1) is 14.1. The number of piperidine rings is 1. The molecule has 6 nitrogen and oxygen atoms in total. The van der Waals surface area contributed by atoms with Crippen LogP contribution in [0.15, 0.2) is 41.0 Å². The Kier molecular flexibility index (Phi) is 5.24. The number of carbonyl (C=O) groups excluding carboxylic acids is 1. The van der Waals surface area contributed by atoms with Crippen LogP contribution in [0.25, 0.3) is 0 Å². The number of nitrogens with one attached hydrogen (secondary N) is 2. The third kappa shape index (κ3) is 3.82. The van der Waals surface area contributed by atoms with Gasteiger partial charge in [-0.15, -0.1) is 0 Å². The van der Waals surface area contributed by atoms with Gasteiger partial charge in [0.15, 0.2) is 0 Å². The van der Waals surface area contributed by atoms with Crippen LogP contribution in [0, 0.1) is 25.2 Å². The fourth-order valence-electron chi connectivity index (χ4n) is 3.73. The molecule has 2 aliphatic rings. The van der Waals surface area contributed by atoms with Crippen LogP contribution in [-0.4, -0.2) is 29.7 Å². The molecule has 6 heteroatoms. The average Bonchev–Trinajstić information content (AvgIpc) is 3.12. The molecule has 1 aromatic carbocycles. The molecule has 2 N–H and O–H groups in total. The van der Waals surface area contributed by atoms with Crippen molar-refractivity contribution in [2.45, 2.75) is 33.2 Å². The normalized spacial score (nSPS) is 15.3. The van der Waals surface area contributed by atoms with Gasteiger partial charge in [-0.05, 0) is 74.7 Å². The van der Waals surface area contributed by atoms with E-state index in [0.29, 0.717) is 17.8 Å². The van der Waals surface area contributed by atoms with E-state index in [1.54, 1.807) is 0 Å². The third-order valence-corrected chi connectivity index (χ3v) is 5.63. The molecule has 0 radical (unpaired) electrons. The highest BCUT2D eigenvalue weighted by atomic mass is 16.1. The van der Waals surface area contributed by atoms with Gasteiger partial charge in [0, 0.05) is 17.4 Å². The number of aliphatic imine (C=N–C) groups is 1. The van der Waals surface area contributed by atoms with Gasteiger partial charge in [-0.1, -0.05) is 11.6 Å². The number of fused-ring (bicyclic) bond motifs is 1. The van der Waals surface area contributed by atoms with E-state index in [1.807, 2.05) is 32.0 Å². The second-order valence-corrected chi connectivity index (χ2v) is 7.46. The maximum atomic E-state index is 12.8. The highest BCUT2D eigenvalue weighted by molar-refractivity contribution is 6.12. The largest absolute Gasteiger partial charge is 0.321 e. The summed E-state index contributed by atoms with van der Waals surface area (Å²) >= 11 is 0. The molecule has 2 aliphatic heterocycles. The molecule has 146 valence electrons. The van der Waals surface area contributed by atoms with Crippen LogP contribution in [0.4, 0.5) is 5.69 Å². The molecule has 0 bridgehead atoms. The Morgan fingerprint density at radius 2 is 2.03 bits per heavy atom. The van der Waals surface area contributed by atoms with Crippen LogP contribution in [0.2, 0.25) is 0 Å². The van der Waals surface area contributed by atoms with Crippen molar-refractivity contribution in [2.24, 2.45) is 4.99 Å². The van der Waals surface area contributed by atoms with Crippen molar-refractivity contribution in [3.8, 4) is 6.07 Å². The number of carbonyl (C=O) groups is 1. The lowest BCUT2D eigenvalue weighted by atomic mass is 9.99. The number of allylic oxidation sites excluding steroid dienone is 1. The second-order valence-electron chi connectivity index (χ2n) is 7.46. The van der Waals surface area contributed by atoms with Gasteiger partial charge in [-0.2, -0.15) is 5.26 Å². The maximum Gasteiger partial charge on any atom is 0.274 e. The molecule has 29 heavy (non-hydrogen) atoms. The number of aromatic nitrogens is 1. The molecular weight excluding hydrogens is 362 g/mol. The fourth-order valence-corrected chi connectivity index (χ4v) is 3.73. The zero-order valence-corrected chi connectivity index (χ0v) is 16.7. The Morgan fingerprint density at radius 1 is 1.24 bits per heavy atom. The zero-order valence-electron chi connectivity index (χ0n) is 16.7. The number of nitriles is 1. The number of rotatable bonds is 3. The Bertz CT molecular complexity index is 1080. The smallest absolute Gasteiger partial charge is 0.274 e.